The highest BCUT2D eigenvalue weighted by molar-refractivity contribution is 9.10. The molecular formula is C12H10BrNOS. The van der Waals surface area contributed by atoms with E-state index in [1.54, 1.807) is 12.1 Å². The summed E-state index contributed by atoms with van der Waals surface area (Å²) in [7, 11) is 0. The minimum Gasteiger partial charge on any atom is -0.507 e. The molecule has 0 radical (unpaired) electrons. The number of para-hydroxylation sites is 1. The van der Waals surface area contributed by atoms with Crippen LogP contribution in [-0.2, 0) is 0 Å². The van der Waals surface area contributed by atoms with Gasteiger partial charge in [0.15, 0.2) is 0 Å². The molecule has 1 aromatic heterocycles. The summed E-state index contributed by atoms with van der Waals surface area (Å²) >= 11 is 4.91. The van der Waals surface area contributed by atoms with Crippen LogP contribution >= 0.6 is 27.7 Å². The van der Waals surface area contributed by atoms with Gasteiger partial charge in [-0.05, 0) is 46.6 Å². The van der Waals surface area contributed by atoms with Crippen LogP contribution in [0.4, 0.5) is 0 Å². The summed E-state index contributed by atoms with van der Waals surface area (Å²) in [4.78, 5) is 5.12. The number of pyridine rings is 1. The largest absolute Gasteiger partial charge is 0.507 e. The third-order valence-corrected chi connectivity index (χ3v) is 3.97. The number of hydrogen-bond donors (Lipinski definition) is 1. The lowest BCUT2D eigenvalue weighted by molar-refractivity contribution is 0.462. The van der Waals surface area contributed by atoms with Gasteiger partial charge in [-0.1, -0.05) is 23.9 Å². The number of nitrogens with zero attached hydrogens (tertiary/aromatic N) is 1. The lowest BCUT2D eigenvalue weighted by Crippen LogP contribution is -1.84. The Bertz CT molecular complexity index is 516. The fourth-order valence-electron chi connectivity index (χ4n) is 1.24. The van der Waals surface area contributed by atoms with Crippen molar-refractivity contribution in [3.63, 3.8) is 0 Å². The van der Waals surface area contributed by atoms with Crippen LogP contribution in [0.2, 0.25) is 0 Å². The highest BCUT2D eigenvalue weighted by atomic mass is 79.9. The van der Waals surface area contributed by atoms with Gasteiger partial charge in [-0.2, -0.15) is 0 Å². The number of rotatable bonds is 2. The SMILES string of the molecule is Cc1cnc(Sc2ccccc2O)c(Br)c1. The van der Waals surface area contributed by atoms with E-state index in [4.69, 9.17) is 0 Å². The normalized spacial score (nSPS) is 10.4. The Morgan fingerprint density at radius 3 is 2.75 bits per heavy atom. The highest BCUT2D eigenvalue weighted by Crippen LogP contribution is 2.36. The fraction of sp³-hybridized carbons (Fsp3) is 0.0833. The summed E-state index contributed by atoms with van der Waals surface area (Å²) in [6, 6.07) is 9.24. The molecule has 2 nitrogen and oxygen atoms in total. The molecule has 2 aromatic rings. The van der Waals surface area contributed by atoms with E-state index in [0.717, 1.165) is 20.0 Å². The molecule has 4 heteroatoms. The molecule has 0 aliphatic heterocycles. The van der Waals surface area contributed by atoms with E-state index in [0.29, 0.717) is 0 Å². The lowest BCUT2D eigenvalue weighted by Gasteiger charge is -2.05. The molecule has 0 saturated carbocycles. The Labute approximate surface area is 107 Å². The summed E-state index contributed by atoms with van der Waals surface area (Å²) in [5.41, 5.74) is 1.11. The first-order valence-corrected chi connectivity index (χ1v) is 6.36. The molecule has 0 aliphatic rings. The van der Waals surface area contributed by atoms with Crippen molar-refractivity contribution in [3.8, 4) is 5.75 Å². The molecule has 16 heavy (non-hydrogen) atoms. The van der Waals surface area contributed by atoms with E-state index in [9.17, 15) is 5.11 Å². The average molecular weight is 296 g/mol. The number of benzene rings is 1. The molecule has 1 N–H and O–H groups in total. The van der Waals surface area contributed by atoms with Crippen LogP contribution in [-0.4, -0.2) is 10.1 Å². The zero-order valence-corrected chi connectivity index (χ0v) is 11.0. The van der Waals surface area contributed by atoms with Gasteiger partial charge in [0.05, 0.1) is 9.37 Å². The van der Waals surface area contributed by atoms with Gasteiger partial charge in [-0.3, -0.25) is 0 Å². The number of phenolic OH excluding ortho intramolecular Hbond substituents is 1. The van der Waals surface area contributed by atoms with Crippen LogP contribution in [0.3, 0.4) is 0 Å². The Hall–Kier alpha value is -1.00. The van der Waals surface area contributed by atoms with Crippen LogP contribution in [0.25, 0.3) is 0 Å². The molecule has 1 heterocycles. The number of aryl methyl sites for hydroxylation is 1. The third-order valence-electron chi connectivity index (χ3n) is 2.02. The Morgan fingerprint density at radius 1 is 1.31 bits per heavy atom. The molecule has 0 spiro atoms. The molecule has 0 unspecified atom stereocenters. The minimum atomic E-state index is 0.279. The molecular weight excluding hydrogens is 286 g/mol. The summed E-state index contributed by atoms with van der Waals surface area (Å²) in [6.45, 7) is 1.99. The maximum absolute atomic E-state index is 9.65. The summed E-state index contributed by atoms with van der Waals surface area (Å²) < 4.78 is 0.945. The summed E-state index contributed by atoms with van der Waals surface area (Å²) in [5, 5.41) is 10.5. The van der Waals surface area contributed by atoms with Crippen LogP contribution in [0, 0.1) is 6.92 Å². The van der Waals surface area contributed by atoms with Crippen molar-refractivity contribution in [3.05, 3.63) is 46.6 Å². The second-order valence-corrected chi connectivity index (χ2v) is 5.25. The zero-order valence-electron chi connectivity index (χ0n) is 8.64. The molecule has 1 aromatic carbocycles. The van der Waals surface area contributed by atoms with Crippen molar-refractivity contribution in [1.29, 1.82) is 0 Å². The second-order valence-electron chi connectivity index (χ2n) is 3.37. The van der Waals surface area contributed by atoms with Crippen LogP contribution < -0.4 is 0 Å². The van der Waals surface area contributed by atoms with Crippen molar-refractivity contribution in [2.24, 2.45) is 0 Å². The Kier molecular flexibility index (Phi) is 3.51. The first-order valence-electron chi connectivity index (χ1n) is 4.75. The van der Waals surface area contributed by atoms with Crippen molar-refractivity contribution < 1.29 is 5.11 Å². The van der Waals surface area contributed by atoms with Crippen LogP contribution in [0.5, 0.6) is 5.75 Å². The van der Waals surface area contributed by atoms with Crippen LogP contribution in [0.1, 0.15) is 5.56 Å². The van der Waals surface area contributed by atoms with Crippen molar-refractivity contribution in [2.75, 3.05) is 0 Å². The molecule has 82 valence electrons. The van der Waals surface area contributed by atoms with E-state index in [-0.39, 0.29) is 5.75 Å². The predicted molar refractivity (Wildman–Crippen MR) is 68.9 cm³/mol. The van der Waals surface area contributed by atoms with Crippen LogP contribution in [0.15, 0.2) is 50.9 Å². The maximum Gasteiger partial charge on any atom is 0.129 e. The quantitative estimate of drug-likeness (QED) is 0.909. The van der Waals surface area contributed by atoms with E-state index in [1.807, 2.05) is 31.3 Å². The number of hydrogen-bond acceptors (Lipinski definition) is 3. The van der Waals surface area contributed by atoms with E-state index in [1.165, 1.54) is 11.8 Å². The first kappa shape index (κ1) is 11.5. The van der Waals surface area contributed by atoms with Gasteiger partial charge in [-0.25, -0.2) is 4.98 Å². The van der Waals surface area contributed by atoms with Gasteiger partial charge in [0.25, 0.3) is 0 Å². The average Bonchev–Trinajstić information content (AvgIpc) is 2.25. The standard InChI is InChI=1S/C12H10BrNOS/c1-8-6-9(13)12(14-7-8)16-11-5-3-2-4-10(11)15/h2-7,15H,1H3. The van der Waals surface area contributed by atoms with Gasteiger partial charge >= 0.3 is 0 Å². The van der Waals surface area contributed by atoms with Gasteiger partial charge in [0, 0.05) is 6.20 Å². The lowest BCUT2D eigenvalue weighted by atomic mass is 10.3. The predicted octanol–water partition coefficient (Wildman–Crippen LogP) is 4.01. The summed E-state index contributed by atoms with van der Waals surface area (Å²) in [5.74, 6) is 0.279. The van der Waals surface area contributed by atoms with Crippen molar-refractivity contribution >= 4 is 27.7 Å². The number of aromatic nitrogens is 1. The fourth-order valence-corrected chi connectivity index (χ4v) is 2.74. The van der Waals surface area contributed by atoms with E-state index < -0.39 is 0 Å². The molecule has 0 aliphatic carbocycles. The number of aromatic hydroxyl groups is 1. The van der Waals surface area contributed by atoms with Crippen molar-refractivity contribution in [2.45, 2.75) is 16.8 Å². The Morgan fingerprint density at radius 2 is 2.06 bits per heavy atom. The zero-order chi connectivity index (χ0) is 11.5. The third kappa shape index (κ3) is 2.57. The minimum absolute atomic E-state index is 0.279. The van der Waals surface area contributed by atoms with E-state index >= 15 is 0 Å². The molecule has 0 atom stereocenters. The highest BCUT2D eigenvalue weighted by Gasteiger charge is 2.07. The first-order chi connectivity index (χ1) is 7.66. The molecule has 0 saturated heterocycles. The maximum atomic E-state index is 9.65. The molecule has 0 fully saturated rings. The second kappa shape index (κ2) is 4.89. The molecule has 2 rings (SSSR count). The molecule has 0 bridgehead atoms. The van der Waals surface area contributed by atoms with Gasteiger partial charge in [0.1, 0.15) is 10.8 Å². The molecule has 0 amide bonds. The van der Waals surface area contributed by atoms with Crippen molar-refractivity contribution in [1.82, 2.24) is 4.98 Å². The van der Waals surface area contributed by atoms with Gasteiger partial charge in [0.2, 0.25) is 0 Å². The number of phenols is 1. The topological polar surface area (TPSA) is 33.1 Å². The Balaban J connectivity index is 2.31. The van der Waals surface area contributed by atoms with Gasteiger partial charge in [-0.15, -0.1) is 0 Å². The van der Waals surface area contributed by atoms with Gasteiger partial charge < -0.3 is 5.11 Å². The monoisotopic (exact) mass is 295 g/mol. The smallest absolute Gasteiger partial charge is 0.129 e. The number of halogens is 1. The van der Waals surface area contributed by atoms with E-state index in [2.05, 4.69) is 20.9 Å². The summed E-state index contributed by atoms with van der Waals surface area (Å²) in [6.07, 6.45) is 1.81.